The van der Waals surface area contributed by atoms with Gasteiger partial charge in [0, 0.05) is 29.7 Å². The van der Waals surface area contributed by atoms with Crippen LogP contribution >= 0.6 is 0 Å². The van der Waals surface area contributed by atoms with E-state index < -0.39 is 5.97 Å². The Balaban J connectivity index is 1.38. The molecule has 32 heavy (non-hydrogen) atoms. The molecule has 0 aliphatic rings. The highest BCUT2D eigenvalue weighted by atomic mass is 16.5. The molecule has 164 valence electrons. The van der Waals surface area contributed by atoms with Crippen LogP contribution in [-0.2, 0) is 16.0 Å². The number of esters is 1. The molecular weight excluding hydrogens is 410 g/mol. The third-order valence-electron chi connectivity index (χ3n) is 5.08. The minimum absolute atomic E-state index is 0.0982. The first kappa shape index (κ1) is 21.2. The number of hydrogen-bond acceptors (Lipinski definition) is 7. The number of fused-ring (bicyclic) bond motifs is 1. The smallest absolute Gasteiger partial charge is 0.358 e. The van der Waals surface area contributed by atoms with Crippen molar-refractivity contribution in [2.24, 2.45) is 0 Å². The van der Waals surface area contributed by atoms with E-state index in [0.29, 0.717) is 30.9 Å². The van der Waals surface area contributed by atoms with Crippen LogP contribution in [0.25, 0.3) is 11.5 Å². The fourth-order valence-electron chi connectivity index (χ4n) is 3.46. The zero-order valence-electron chi connectivity index (χ0n) is 18.1. The molecule has 1 aromatic carbocycles. The predicted octanol–water partition coefficient (Wildman–Crippen LogP) is 2.67. The van der Waals surface area contributed by atoms with Crippen LogP contribution in [0.2, 0.25) is 0 Å². The summed E-state index contributed by atoms with van der Waals surface area (Å²) in [5.41, 5.74) is 4.45. The Morgan fingerprint density at radius 2 is 1.91 bits per heavy atom. The number of benzene rings is 1. The van der Waals surface area contributed by atoms with Crippen molar-refractivity contribution in [3.8, 4) is 5.69 Å². The number of amides is 1. The summed E-state index contributed by atoms with van der Waals surface area (Å²) in [6.45, 7) is 5.91. The van der Waals surface area contributed by atoms with Crippen molar-refractivity contribution >= 4 is 23.3 Å². The van der Waals surface area contributed by atoms with Crippen LogP contribution in [0.4, 0.5) is 5.69 Å². The minimum Gasteiger partial charge on any atom is -0.461 e. The summed E-state index contributed by atoms with van der Waals surface area (Å²) in [6, 6.07) is 8.81. The van der Waals surface area contributed by atoms with E-state index in [2.05, 4.69) is 25.5 Å². The van der Waals surface area contributed by atoms with Crippen LogP contribution in [0, 0.1) is 13.8 Å². The Morgan fingerprint density at radius 1 is 1.12 bits per heavy atom. The Hall–Kier alpha value is -4.08. The second-order valence-corrected chi connectivity index (χ2v) is 7.19. The molecule has 0 unspecified atom stereocenters. The Bertz CT molecular complexity index is 1270. The van der Waals surface area contributed by atoms with Gasteiger partial charge in [0.25, 0.3) is 5.78 Å². The first-order chi connectivity index (χ1) is 15.5. The third-order valence-corrected chi connectivity index (χ3v) is 5.08. The maximum atomic E-state index is 12.5. The molecule has 3 aromatic heterocycles. The predicted molar refractivity (Wildman–Crippen MR) is 117 cm³/mol. The van der Waals surface area contributed by atoms with Crippen LogP contribution in [0.3, 0.4) is 0 Å². The highest BCUT2D eigenvalue weighted by Crippen LogP contribution is 2.17. The Kier molecular flexibility index (Phi) is 5.93. The molecule has 10 heteroatoms. The number of aryl methyl sites for hydroxylation is 2. The first-order valence-electron chi connectivity index (χ1n) is 10.2. The zero-order chi connectivity index (χ0) is 22.7. The lowest BCUT2D eigenvalue weighted by atomic mass is 10.1. The van der Waals surface area contributed by atoms with E-state index in [9.17, 15) is 9.59 Å². The van der Waals surface area contributed by atoms with E-state index in [-0.39, 0.29) is 11.6 Å². The molecule has 0 fully saturated rings. The van der Waals surface area contributed by atoms with Gasteiger partial charge in [0.1, 0.15) is 6.33 Å². The molecule has 3 heterocycles. The second kappa shape index (κ2) is 8.96. The molecule has 0 aliphatic carbocycles. The van der Waals surface area contributed by atoms with E-state index >= 15 is 0 Å². The molecule has 0 radical (unpaired) electrons. The number of rotatable bonds is 7. The number of anilines is 1. The summed E-state index contributed by atoms with van der Waals surface area (Å²) in [5, 5.41) is 11.3. The van der Waals surface area contributed by atoms with E-state index in [1.807, 2.05) is 26.0 Å². The molecule has 4 aromatic rings. The van der Waals surface area contributed by atoms with E-state index in [1.54, 1.807) is 40.5 Å². The summed E-state index contributed by atoms with van der Waals surface area (Å²) in [7, 11) is 0. The number of hydrogen-bond donors (Lipinski definition) is 1. The van der Waals surface area contributed by atoms with Crippen LogP contribution < -0.4 is 5.32 Å². The average Bonchev–Trinajstić information content (AvgIpc) is 3.44. The van der Waals surface area contributed by atoms with Gasteiger partial charge >= 0.3 is 5.97 Å². The summed E-state index contributed by atoms with van der Waals surface area (Å²) in [5.74, 6) is -0.00227. The van der Waals surface area contributed by atoms with Crippen molar-refractivity contribution in [2.45, 2.75) is 33.6 Å². The summed E-state index contributed by atoms with van der Waals surface area (Å²) < 4.78 is 8.21. The van der Waals surface area contributed by atoms with Gasteiger partial charge in [-0.2, -0.15) is 15.2 Å². The van der Waals surface area contributed by atoms with Gasteiger partial charge in [0.15, 0.2) is 5.69 Å². The molecule has 0 aliphatic heterocycles. The lowest BCUT2D eigenvalue weighted by Crippen LogP contribution is -2.14. The lowest BCUT2D eigenvalue weighted by molar-refractivity contribution is -0.116. The maximum absolute atomic E-state index is 12.5. The monoisotopic (exact) mass is 433 g/mol. The van der Waals surface area contributed by atoms with Gasteiger partial charge in [-0.3, -0.25) is 4.79 Å². The van der Waals surface area contributed by atoms with Crippen molar-refractivity contribution in [3.63, 3.8) is 0 Å². The number of nitrogens with zero attached hydrogens (tertiary/aromatic N) is 6. The molecule has 0 saturated heterocycles. The van der Waals surface area contributed by atoms with Crippen molar-refractivity contribution in [1.29, 1.82) is 0 Å². The molecule has 1 N–H and O–H groups in total. The second-order valence-electron chi connectivity index (χ2n) is 7.19. The van der Waals surface area contributed by atoms with E-state index in [0.717, 1.165) is 22.6 Å². The summed E-state index contributed by atoms with van der Waals surface area (Å²) in [6.07, 6.45) is 4.02. The number of nitrogens with one attached hydrogen (secondary N) is 1. The van der Waals surface area contributed by atoms with Crippen molar-refractivity contribution in [2.75, 3.05) is 11.9 Å². The van der Waals surface area contributed by atoms with Gasteiger partial charge in [-0.15, -0.1) is 0 Å². The first-order valence-corrected chi connectivity index (χ1v) is 10.2. The van der Waals surface area contributed by atoms with Gasteiger partial charge in [0.05, 0.1) is 12.3 Å². The number of carbonyl (C=O) groups is 2. The maximum Gasteiger partial charge on any atom is 0.358 e. The van der Waals surface area contributed by atoms with Crippen LogP contribution in [0.1, 0.15) is 40.8 Å². The standard InChI is InChI=1S/C22H23N7O3/c1-4-32-21(31)19-11-12-28(27-19)17-7-5-16(6-8-17)26-20(30)10-9-18-14(2)25-22-23-13-24-29(22)15(18)3/h5-8,11-13H,4,9-10H2,1-3H3,(H,26,30). The summed E-state index contributed by atoms with van der Waals surface area (Å²) >= 11 is 0. The molecule has 0 spiro atoms. The average molecular weight is 433 g/mol. The Morgan fingerprint density at radius 3 is 2.66 bits per heavy atom. The largest absolute Gasteiger partial charge is 0.461 e. The number of ether oxygens (including phenoxy) is 1. The lowest BCUT2D eigenvalue weighted by Gasteiger charge is -2.11. The highest BCUT2D eigenvalue weighted by molar-refractivity contribution is 5.91. The van der Waals surface area contributed by atoms with E-state index in [4.69, 9.17) is 4.74 Å². The van der Waals surface area contributed by atoms with Crippen molar-refractivity contribution < 1.29 is 14.3 Å². The van der Waals surface area contributed by atoms with Gasteiger partial charge in [-0.1, -0.05) is 0 Å². The Labute approximate surface area is 184 Å². The zero-order valence-corrected chi connectivity index (χ0v) is 18.1. The van der Waals surface area contributed by atoms with Crippen LogP contribution in [0.15, 0.2) is 42.9 Å². The van der Waals surface area contributed by atoms with Crippen LogP contribution in [0.5, 0.6) is 0 Å². The minimum atomic E-state index is -0.459. The van der Waals surface area contributed by atoms with Gasteiger partial charge < -0.3 is 10.1 Å². The molecule has 0 saturated carbocycles. The van der Waals surface area contributed by atoms with Gasteiger partial charge in [-0.05, 0) is 63.1 Å². The number of aromatic nitrogens is 6. The van der Waals surface area contributed by atoms with Gasteiger partial charge in [-0.25, -0.2) is 19.0 Å². The normalized spacial score (nSPS) is 11.0. The molecule has 1 amide bonds. The van der Waals surface area contributed by atoms with Gasteiger partial charge in [0.2, 0.25) is 5.91 Å². The fourth-order valence-corrected chi connectivity index (χ4v) is 3.46. The van der Waals surface area contributed by atoms with Crippen molar-refractivity contribution in [3.05, 3.63) is 65.5 Å². The molecule has 10 nitrogen and oxygen atoms in total. The topological polar surface area (TPSA) is 116 Å². The highest BCUT2D eigenvalue weighted by Gasteiger charge is 2.13. The van der Waals surface area contributed by atoms with Crippen molar-refractivity contribution in [1.82, 2.24) is 29.4 Å². The third kappa shape index (κ3) is 4.34. The van der Waals surface area contributed by atoms with Crippen LogP contribution in [-0.4, -0.2) is 47.8 Å². The van der Waals surface area contributed by atoms with E-state index in [1.165, 1.54) is 6.33 Å². The molecule has 0 atom stereocenters. The quantitative estimate of drug-likeness (QED) is 0.445. The fraction of sp³-hybridized carbons (Fsp3) is 0.273. The SMILES string of the molecule is CCOC(=O)c1ccn(-c2ccc(NC(=O)CCc3c(C)nc4ncnn4c3C)cc2)n1. The molecule has 4 rings (SSSR count). The molecule has 0 bridgehead atoms. The number of carbonyl (C=O) groups excluding carboxylic acids is 2. The molecular formula is C22H23N7O3. The summed E-state index contributed by atoms with van der Waals surface area (Å²) in [4.78, 5) is 32.8.